The molecule has 0 bridgehead atoms. The van der Waals surface area contributed by atoms with Gasteiger partial charge in [0.05, 0.1) is 22.4 Å². The van der Waals surface area contributed by atoms with Crippen LogP contribution >= 0.6 is 35.1 Å². The predicted molar refractivity (Wildman–Crippen MR) is 141 cm³/mol. The van der Waals surface area contributed by atoms with E-state index < -0.39 is 5.97 Å². The van der Waals surface area contributed by atoms with Gasteiger partial charge in [0.25, 0.3) is 6.47 Å². The number of hydrogen-bond acceptors (Lipinski definition) is 11. The Bertz CT molecular complexity index is 742. The fourth-order valence-electron chi connectivity index (χ4n) is 1.79. The minimum absolute atomic E-state index is 0. The third kappa shape index (κ3) is 41.9. The number of carboxylic acids is 1. The van der Waals surface area contributed by atoms with Crippen molar-refractivity contribution in [1.82, 2.24) is 9.97 Å². The van der Waals surface area contributed by atoms with Gasteiger partial charge in [-0.05, 0) is 40.5 Å². The molecule has 0 aliphatic carbocycles. The molecule has 2 aromatic rings. The molecular formula is C23H38ClN2NaO8S2. The van der Waals surface area contributed by atoms with Crippen molar-refractivity contribution in [3.05, 3.63) is 44.8 Å². The molecule has 2 heterocycles. The van der Waals surface area contributed by atoms with Crippen molar-refractivity contribution in [2.24, 2.45) is 0 Å². The van der Waals surface area contributed by atoms with E-state index in [0.717, 1.165) is 19.3 Å². The van der Waals surface area contributed by atoms with Gasteiger partial charge in [-0.2, -0.15) is 9.59 Å². The van der Waals surface area contributed by atoms with Crippen molar-refractivity contribution in [3.63, 3.8) is 0 Å². The number of hydrogen-bond donors (Lipinski definition) is 1. The van der Waals surface area contributed by atoms with Crippen molar-refractivity contribution in [1.29, 1.82) is 0 Å². The number of rotatable bonds is 8. The standard InChI is InChI=1S/2C7H11NS.C4H10O.C3H4O2.CH2O3.CO2.ClH.Na/c2*1-3-4-7-6(2)8-5-9-7;1-3-5-4-2;1-2-3(4)5;2-1-4-3;2-1-3;;/h2*5H,3-4H2,1-2H3;3-4H2,1-2H3;2H,1H2,(H,4,5);1,3H;;1H;/q;;;;;;;+1/p-1. The van der Waals surface area contributed by atoms with E-state index in [1.807, 2.05) is 24.9 Å². The normalized spacial score (nSPS) is 7.65. The van der Waals surface area contributed by atoms with Gasteiger partial charge < -0.3 is 20.0 Å². The van der Waals surface area contributed by atoms with Gasteiger partial charge in [0.2, 0.25) is 0 Å². The minimum atomic E-state index is -0.981. The third-order valence-corrected chi connectivity index (χ3v) is 5.26. The number of aromatic nitrogens is 2. The van der Waals surface area contributed by atoms with E-state index in [4.69, 9.17) is 29.5 Å². The maximum Gasteiger partial charge on any atom is 1.00 e. The molecule has 0 aromatic carbocycles. The van der Waals surface area contributed by atoms with Gasteiger partial charge in [-0.1, -0.05) is 33.3 Å². The van der Waals surface area contributed by atoms with Crippen molar-refractivity contribution < 1.29 is 68.7 Å². The minimum Gasteiger partial charge on any atom is -0.662 e. The van der Waals surface area contributed by atoms with Crippen LogP contribution in [0, 0.1) is 13.8 Å². The average molecular weight is 593 g/mol. The molecule has 2 rings (SSSR count). The summed E-state index contributed by atoms with van der Waals surface area (Å²) in [5.41, 5.74) is 6.25. The molecule has 10 nitrogen and oxygen atoms in total. The molecule has 37 heavy (non-hydrogen) atoms. The number of aryl methyl sites for hydroxylation is 4. The summed E-state index contributed by atoms with van der Waals surface area (Å²) >= 11 is 3.53. The fraction of sp³-hybridized carbons (Fsp3) is 0.522. The number of carbonyl (C=O) groups is 2. The molecule has 0 spiro atoms. The Hall–Kier alpha value is -1.47. The first-order chi connectivity index (χ1) is 16.7. The first-order valence-corrected chi connectivity index (χ1v) is 12.4. The quantitative estimate of drug-likeness (QED) is 0.156. The van der Waals surface area contributed by atoms with Crippen LogP contribution in [-0.4, -0.2) is 46.9 Å². The molecule has 0 amide bonds. The Morgan fingerprint density at radius 3 is 1.43 bits per heavy atom. The number of aliphatic carboxylic acids is 1. The van der Waals surface area contributed by atoms with Crippen LogP contribution in [0.5, 0.6) is 0 Å². The maximum atomic E-state index is 9.25. The Morgan fingerprint density at radius 1 is 1.03 bits per heavy atom. The van der Waals surface area contributed by atoms with Crippen LogP contribution < -0.4 is 34.8 Å². The van der Waals surface area contributed by atoms with Crippen LogP contribution in [0.3, 0.4) is 0 Å². The Balaban J connectivity index is -0.0000000808. The van der Waals surface area contributed by atoms with Gasteiger partial charge >= 0.3 is 41.7 Å². The van der Waals surface area contributed by atoms with Crippen LogP contribution in [0.25, 0.3) is 0 Å². The topological polar surface area (TPSA) is 156 Å². The summed E-state index contributed by atoms with van der Waals surface area (Å²) in [6.07, 6.45) is 5.92. The van der Waals surface area contributed by atoms with E-state index in [2.05, 4.69) is 49.1 Å². The van der Waals surface area contributed by atoms with Crippen LogP contribution in [0.2, 0.25) is 0 Å². The van der Waals surface area contributed by atoms with Gasteiger partial charge in [0, 0.05) is 29.0 Å². The summed E-state index contributed by atoms with van der Waals surface area (Å²) in [5, 5.41) is 16.0. The van der Waals surface area contributed by atoms with E-state index in [1.165, 1.54) is 46.8 Å². The molecule has 0 saturated carbocycles. The molecule has 0 aliphatic rings. The zero-order valence-corrected chi connectivity index (χ0v) is 27.1. The van der Waals surface area contributed by atoms with Gasteiger partial charge in [0.15, 0.2) is 0 Å². The largest absolute Gasteiger partial charge is 1.00 e. The molecule has 0 atom stereocenters. The molecule has 0 unspecified atom stereocenters. The summed E-state index contributed by atoms with van der Waals surface area (Å²) in [6.45, 7) is 17.0. The average Bonchev–Trinajstić information content (AvgIpc) is 3.44. The molecule has 1 N–H and O–H groups in total. The Morgan fingerprint density at radius 2 is 1.32 bits per heavy atom. The molecule has 0 radical (unpaired) electrons. The van der Waals surface area contributed by atoms with Crippen LogP contribution in [0.4, 0.5) is 0 Å². The molecule has 208 valence electrons. The summed E-state index contributed by atoms with van der Waals surface area (Å²) in [7, 11) is 0. The maximum absolute atomic E-state index is 9.25. The molecule has 0 fully saturated rings. The number of ether oxygens (including phenoxy) is 1. The van der Waals surface area contributed by atoms with E-state index in [-0.39, 0.29) is 54.6 Å². The van der Waals surface area contributed by atoms with E-state index in [9.17, 15) is 4.79 Å². The predicted octanol–water partition coefficient (Wildman–Crippen LogP) is 1.38. The van der Waals surface area contributed by atoms with Crippen LogP contribution in [0.1, 0.15) is 61.7 Å². The zero-order valence-electron chi connectivity index (χ0n) is 22.7. The van der Waals surface area contributed by atoms with Crippen molar-refractivity contribution in [3.8, 4) is 0 Å². The summed E-state index contributed by atoms with van der Waals surface area (Å²) in [4.78, 5) is 47.9. The molecule has 0 saturated heterocycles. The van der Waals surface area contributed by atoms with Crippen molar-refractivity contribution in [2.75, 3.05) is 13.2 Å². The zero-order chi connectivity index (χ0) is 27.9. The first-order valence-electron chi connectivity index (χ1n) is 10.6. The Labute approximate surface area is 256 Å². The first kappa shape index (κ1) is 48.6. The monoisotopic (exact) mass is 592 g/mol. The molecular weight excluding hydrogens is 555 g/mol. The third-order valence-electron chi connectivity index (χ3n) is 3.27. The number of halogens is 1. The second-order valence-electron chi connectivity index (χ2n) is 5.82. The number of nitrogens with zero attached hydrogens (tertiary/aromatic N) is 2. The van der Waals surface area contributed by atoms with Gasteiger partial charge in [-0.25, -0.2) is 14.8 Å². The number of thiazole rings is 2. The van der Waals surface area contributed by atoms with E-state index >= 15 is 0 Å². The number of carbonyl (C=O) groups excluding carboxylic acids is 3. The second kappa shape index (κ2) is 41.6. The van der Waals surface area contributed by atoms with Gasteiger partial charge in [-0.15, -0.1) is 35.1 Å². The van der Waals surface area contributed by atoms with Crippen molar-refractivity contribution in [2.45, 2.75) is 67.2 Å². The van der Waals surface area contributed by atoms with E-state index in [1.54, 1.807) is 22.7 Å². The fourth-order valence-corrected chi connectivity index (χ4v) is 3.56. The summed E-state index contributed by atoms with van der Waals surface area (Å²) < 4.78 is 4.83. The molecule has 14 heteroatoms. The Kier molecular flexibility index (Phi) is 54.7. The van der Waals surface area contributed by atoms with Gasteiger partial charge in [0.1, 0.15) is 0 Å². The molecule has 2 aromatic heterocycles. The number of carboxylic acid groups (broad SMARTS) is 1. The summed E-state index contributed by atoms with van der Waals surface area (Å²) in [5.74, 6) is -0.981. The van der Waals surface area contributed by atoms with Crippen molar-refractivity contribution >= 4 is 53.7 Å². The summed E-state index contributed by atoms with van der Waals surface area (Å²) in [6, 6.07) is 0. The van der Waals surface area contributed by atoms with Gasteiger partial charge in [-0.3, -0.25) is 4.79 Å². The molecule has 0 aliphatic heterocycles. The second-order valence-corrected chi connectivity index (χ2v) is 7.70. The van der Waals surface area contributed by atoms with Crippen LogP contribution in [-0.2, 0) is 41.6 Å². The SMILES string of the molecule is C=CC(=O)O.CCCc1scnc1C.CCCc1scnc1C.CCOCC.Cl.O=C=O.O=CO[O-].[Na+]. The van der Waals surface area contributed by atoms with E-state index in [0.29, 0.717) is 0 Å². The smallest absolute Gasteiger partial charge is 0.662 e. The van der Waals surface area contributed by atoms with Crippen LogP contribution in [0.15, 0.2) is 23.7 Å².